The van der Waals surface area contributed by atoms with Crippen molar-refractivity contribution in [3.05, 3.63) is 47.1 Å². The van der Waals surface area contributed by atoms with E-state index < -0.39 is 9.84 Å². The van der Waals surface area contributed by atoms with Crippen LogP contribution in [0.2, 0.25) is 0 Å². The third-order valence-corrected chi connectivity index (χ3v) is 4.60. The summed E-state index contributed by atoms with van der Waals surface area (Å²) in [6, 6.07) is 10.2. The van der Waals surface area contributed by atoms with Crippen LogP contribution in [0.3, 0.4) is 0 Å². The predicted octanol–water partition coefficient (Wildman–Crippen LogP) is 2.64. The molecule has 0 atom stereocenters. The Hall–Kier alpha value is -1.93. The SMILES string of the molecule is CS(=O)(=O)c1ccc(Nc2nc3c(Br)cccn3n2)cc1. The molecule has 0 amide bonds. The predicted molar refractivity (Wildman–Crippen MR) is 83.5 cm³/mol. The zero-order valence-electron chi connectivity index (χ0n) is 11.0. The molecule has 0 fully saturated rings. The lowest BCUT2D eigenvalue weighted by Crippen LogP contribution is -1.98. The summed E-state index contributed by atoms with van der Waals surface area (Å²) in [5.74, 6) is 0.439. The van der Waals surface area contributed by atoms with E-state index in [9.17, 15) is 8.42 Å². The zero-order valence-corrected chi connectivity index (χ0v) is 13.4. The Morgan fingerprint density at radius 1 is 1.19 bits per heavy atom. The zero-order chi connectivity index (χ0) is 15.0. The molecule has 8 heteroatoms. The normalized spacial score (nSPS) is 11.7. The van der Waals surface area contributed by atoms with Gasteiger partial charge in [0.2, 0.25) is 5.95 Å². The number of rotatable bonds is 3. The van der Waals surface area contributed by atoms with Crippen LogP contribution in [-0.4, -0.2) is 29.3 Å². The van der Waals surface area contributed by atoms with Crippen molar-refractivity contribution in [3.8, 4) is 0 Å². The van der Waals surface area contributed by atoms with E-state index in [-0.39, 0.29) is 4.90 Å². The fourth-order valence-corrected chi connectivity index (χ4v) is 2.89. The summed E-state index contributed by atoms with van der Waals surface area (Å²) in [6.07, 6.45) is 2.97. The van der Waals surface area contributed by atoms with Crippen LogP contribution >= 0.6 is 15.9 Å². The maximum atomic E-state index is 11.4. The van der Waals surface area contributed by atoms with E-state index in [4.69, 9.17) is 0 Å². The van der Waals surface area contributed by atoms with Gasteiger partial charge in [0.05, 0.1) is 9.37 Å². The van der Waals surface area contributed by atoms with Crippen molar-refractivity contribution < 1.29 is 8.42 Å². The van der Waals surface area contributed by atoms with Gasteiger partial charge in [-0.05, 0) is 52.3 Å². The number of halogens is 1. The van der Waals surface area contributed by atoms with Crippen LogP contribution in [0.1, 0.15) is 0 Å². The van der Waals surface area contributed by atoms with Gasteiger partial charge in [0.25, 0.3) is 0 Å². The van der Waals surface area contributed by atoms with Crippen molar-refractivity contribution in [2.45, 2.75) is 4.90 Å². The first-order valence-corrected chi connectivity index (χ1v) is 8.70. The Balaban J connectivity index is 1.90. The quantitative estimate of drug-likeness (QED) is 0.770. The van der Waals surface area contributed by atoms with E-state index >= 15 is 0 Å². The lowest BCUT2D eigenvalue weighted by Gasteiger charge is -2.02. The molecule has 0 aliphatic rings. The lowest BCUT2D eigenvalue weighted by atomic mass is 10.3. The second-order valence-electron chi connectivity index (χ2n) is 4.48. The molecular weight excluding hydrogens is 356 g/mol. The Labute approximate surface area is 129 Å². The summed E-state index contributed by atoms with van der Waals surface area (Å²) in [6.45, 7) is 0. The van der Waals surface area contributed by atoms with Gasteiger partial charge in [-0.25, -0.2) is 12.9 Å². The minimum absolute atomic E-state index is 0.277. The highest BCUT2D eigenvalue weighted by atomic mass is 79.9. The molecule has 0 radical (unpaired) electrons. The molecule has 3 rings (SSSR count). The molecule has 0 spiro atoms. The molecule has 0 bridgehead atoms. The van der Waals surface area contributed by atoms with Crippen molar-refractivity contribution in [2.24, 2.45) is 0 Å². The highest BCUT2D eigenvalue weighted by Crippen LogP contribution is 2.20. The standard InChI is InChI=1S/C13H11BrN4O2S/c1-21(19,20)10-6-4-9(5-7-10)15-13-16-12-11(14)3-2-8-18(12)17-13/h2-8H,1H3,(H,15,17). The third-order valence-electron chi connectivity index (χ3n) is 2.85. The molecule has 1 aromatic carbocycles. The maximum absolute atomic E-state index is 11.4. The molecule has 0 aliphatic heterocycles. The van der Waals surface area contributed by atoms with E-state index in [1.165, 1.54) is 6.26 Å². The van der Waals surface area contributed by atoms with Gasteiger partial charge in [-0.3, -0.25) is 0 Å². The second kappa shape index (κ2) is 5.12. The number of nitrogens with zero attached hydrogens (tertiary/aromatic N) is 3. The fraction of sp³-hybridized carbons (Fsp3) is 0.0769. The molecule has 3 aromatic rings. The molecule has 6 nitrogen and oxygen atoms in total. The van der Waals surface area contributed by atoms with Crippen LogP contribution in [0.25, 0.3) is 5.65 Å². The monoisotopic (exact) mass is 366 g/mol. The van der Waals surface area contributed by atoms with Gasteiger partial charge in [-0.15, -0.1) is 5.10 Å². The van der Waals surface area contributed by atoms with Gasteiger partial charge in [-0.1, -0.05) is 0 Å². The summed E-state index contributed by atoms with van der Waals surface area (Å²) in [4.78, 5) is 4.63. The minimum Gasteiger partial charge on any atom is -0.323 e. The number of hydrogen-bond donors (Lipinski definition) is 1. The van der Waals surface area contributed by atoms with E-state index in [1.807, 2.05) is 12.1 Å². The average molecular weight is 367 g/mol. The van der Waals surface area contributed by atoms with Crippen LogP contribution in [0, 0.1) is 0 Å². The van der Waals surface area contributed by atoms with Crippen molar-refractivity contribution in [2.75, 3.05) is 11.6 Å². The molecule has 0 unspecified atom stereocenters. The Bertz CT molecular complexity index is 904. The summed E-state index contributed by atoms with van der Waals surface area (Å²) in [5.41, 5.74) is 1.42. The average Bonchev–Trinajstić information content (AvgIpc) is 2.82. The van der Waals surface area contributed by atoms with Gasteiger partial charge in [0, 0.05) is 18.1 Å². The molecule has 1 N–H and O–H groups in total. The molecule has 2 aromatic heterocycles. The molecule has 0 aliphatic carbocycles. The second-order valence-corrected chi connectivity index (χ2v) is 7.35. The van der Waals surface area contributed by atoms with Crippen LogP contribution in [-0.2, 0) is 9.84 Å². The highest BCUT2D eigenvalue weighted by molar-refractivity contribution is 9.10. The number of hydrogen-bond acceptors (Lipinski definition) is 5. The Morgan fingerprint density at radius 3 is 2.52 bits per heavy atom. The Kier molecular flexibility index (Phi) is 3.42. The smallest absolute Gasteiger partial charge is 0.247 e. The molecule has 0 saturated carbocycles. The van der Waals surface area contributed by atoms with Crippen molar-refractivity contribution in [1.29, 1.82) is 0 Å². The van der Waals surface area contributed by atoms with Crippen molar-refractivity contribution in [1.82, 2.24) is 14.6 Å². The van der Waals surface area contributed by atoms with Gasteiger partial charge in [0.1, 0.15) is 0 Å². The van der Waals surface area contributed by atoms with Crippen LogP contribution < -0.4 is 5.32 Å². The minimum atomic E-state index is -3.19. The third kappa shape index (κ3) is 2.91. The molecule has 21 heavy (non-hydrogen) atoms. The summed E-state index contributed by atoms with van der Waals surface area (Å²) < 4.78 is 25.3. The molecule has 108 valence electrons. The van der Waals surface area contributed by atoms with Crippen LogP contribution in [0.4, 0.5) is 11.6 Å². The largest absolute Gasteiger partial charge is 0.323 e. The number of sulfone groups is 1. The van der Waals surface area contributed by atoms with E-state index in [0.29, 0.717) is 11.6 Å². The van der Waals surface area contributed by atoms with Crippen molar-refractivity contribution in [3.63, 3.8) is 0 Å². The summed E-state index contributed by atoms with van der Waals surface area (Å²) in [7, 11) is -3.19. The lowest BCUT2D eigenvalue weighted by molar-refractivity contribution is 0.602. The van der Waals surface area contributed by atoms with E-state index in [2.05, 4.69) is 31.3 Å². The molecule has 0 saturated heterocycles. The maximum Gasteiger partial charge on any atom is 0.247 e. The van der Waals surface area contributed by atoms with Crippen molar-refractivity contribution >= 4 is 43.1 Å². The first-order chi connectivity index (χ1) is 9.93. The summed E-state index contributed by atoms with van der Waals surface area (Å²) in [5, 5.41) is 7.33. The Morgan fingerprint density at radius 2 is 1.90 bits per heavy atom. The van der Waals surface area contributed by atoms with Crippen LogP contribution in [0.15, 0.2) is 52.0 Å². The van der Waals surface area contributed by atoms with E-state index in [0.717, 1.165) is 10.2 Å². The van der Waals surface area contributed by atoms with Gasteiger partial charge < -0.3 is 5.32 Å². The first kappa shape index (κ1) is 14.0. The first-order valence-electron chi connectivity index (χ1n) is 6.01. The fourth-order valence-electron chi connectivity index (χ4n) is 1.84. The number of pyridine rings is 1. The number of fused-ring (bicyclic) bond motifs is 1. The van der Waals surface area contributed by atoms with E-state index in [1.54, 1.807) is 35.0 Å². The number of aromatic nitrogens is 3. The molecular formula is C13H11BrN4O2S. The molecule has 2 heterocycles. The summed E-state index contributed by atoms with van der Waals surface area (Å²) >= 11 is 3.41. The number of nitrogens with one attached hydrogen (secondary N) is 1. The van der Waals surface area contributed by atoms with Crippen LogP contribution in [0.5, 0.6) is 0 Å². The topological polar surface area (TPSA) is 76.4 Å². The van der Waals surface area contributed by atoms with Gasteiger partial charge >= 0.3 is 0 Å². The number of benzene rings is 1. The van der Waals surface area contributed by atoms with Gasteiger partial charge in [-0.2, -0.15) is 4.98 Å². The number of anilines is 2. The van der Waals surface area contributed by atoms with Gasteiger partial charge in [0.15, 0.2) is 15.5 Å². The highest BCUT2D eigenvalue weighted by Gasteiger charge is 2.08.